The van der Waals surface area contributed by atoms with Gasteiger partial charge in [0.05, 0.1) is 25.4 Å². The molecule has 6 heteroatoms. The summed E-state index contributed by atoms with van der Waals surface area (Å²) in [6.07, 6.45) is 90.8. The number of aliphatic hydroxyl groups is 2. The Bertz CT molecular complexity index is 1310. The van der Waals surface area contributed by atoms with Crippen molar-refractivity contribution in [1.29, 1.82) is 0 Å². The Morgan fingerprint density at radius 1 is 0.346 bits per heavy atom. The summed E-state index contributed by atoms with van der Waals surface area (Å²) in [5, 5.41) is 23.3. The first-order chi connectivity index (χ1) is 40.0. The molecule has 3 N–H and O–H groups in total. The van der Waals surface area contributed by atoms with Crippen molar-refractivity contribution in [3.05, 3.63) is 36.5 Å². The summed E-state index contributed by atoms with van der Waals surface area (Å²) in [6.45, 7) is 4.91. The minimum atomic E-state index is -0.847. The highest BCUT2D eigenvalue weighted by atomic mass is 16.5. The molecule has 81 heavy (non-hydrogen) atoms. The van der Waals surface area contributed by atoms with E-state index in [2.05, 4.69) is 43.5 Å². The van der Waals surface area contributed by atoms with Crippen molar-refractivity contribution in [3.63, 3.8) is 0 Å². The van der Waals surface area contributed by atoms with Crippen molar-refractivity contribution in [2.75, 3.05) is 13.2 Å². The second-order valence-corrected chi connectivity index (χ2v) is 25.3. The lowest BCUT2D eigenvalue weighted by molar-refractivity contribution is -0.143. The summed E-state index contributed by atoms with van der Waals surface area (Å²) in [4.78, 5) is 24.6. The molecular formula is C75H143NO5. The summed E-state index contributed by atoms with van der Waals surface area (Å²) in [7, 11) is 0. The standard InChI is InChI=1S/C75H143NO5/c1-3-5-7-9-11-13-15-17-19-21-22-23-24-25-26-29-32-36-39-43-47-51-55-59-63-67-73(78)72(71-77)76-74(79)68-64-60-56-52-48-44-40-37-33-30-27-28-31-34-38-42-46-50-54-58-62-66-70-81-75(80)69-65-61-57-53-49-45-41-35-20-18-16-14-12-10-8-6-4-2/h12,14,18,20,63,67,72-73,77-78H,3-11,13,15-17,19,21-62,64-66,68-71H2,1-2H3,(H,76,79)/b14-12-,20-18-,67-63+. The van der Waals surface area contributed by atoms with Crippen LogP contribution in [0, 0.1) is 0 Å². The van der Waals surface area contributed by atoms with Crippen LogP contribution < -0.4 is 5.32 Å². The molecule has 1 amide bonds. The Kier molecular flexibility index (Phi) is 68.9. The van der Waals surface area contributed by atoms with E-state index >= 15 is 0 Å². The Morgan fingerprint density at radius 2 is 0.617 bits per heavy atom. The fourth-order valence-corrected chi connectivity index (χ4v) is 11.6. The van der Waals surface area contributed by atoms with E-state index in [0.29, 0.717) is 19.4 Å². The van der Waals surface area contributed by atoms with Gasteiger partial charge in [-0.3, -0.25) is 9.59 Å². The molecule has 0 aliphatic carbocycles. The first kappa shape index (κ1) is 79.1. The number of hydrogen-bond acceptors (Lipinski definition) is 5. The van der Waals surface area contributed by atoms with E-state index in [4.69, 9.17) is 4.74 Å². The van der Waals surface area contributed by atoms with Crippen molar-refractivity contribution in [2.24, 2.45) is 0 Å². The molecule has 0 fully saturated rings. The van der Waals surface area contributed by atoms with Crippen LogP contribution in [0.3, 0.4) is 0 Å². The van der Waals surface area contributed by atoms with Crippen molar-refractivity contribution in [2.45, 2.75) is 418 Å². The highest BCUT2D eigenvalue weighted by Crippen LogP contribution is 2.19. The van der Waals surface area contributed by atoms with Crippen LogP contribution in [0.25, 0.3) is 0 Å². The number of carbonyl (C=O) groups excluding carboxylic acids is 2. The van der Waals surface area contributed by atoms with Crippen molar-refractivity contribution >= 4 is 11.9 Å². The van der Waals surface area contributed by atoms with Crippen LogP contribution in [0.15, 0.2) is 36.5 Å². The van der Waals surface area contributed by atoms with Crippen LogP contribution in [0.2, 0.25) is 0 Å². The number of esters is 1. The SMILES string of the molecule is CCCCC/C=C\C/C=C\CCCCCCCCCC(=O)OCCCCCCCCCCCCCCCCCCCCCCCCC(=O)NC(CO)C(O)/C=C/CCCCCCCCCCCCCCCCCCCCCCCCC. The molecule has 0 bridgehead atoms. The number of amides is 1. The Hall–Kier alpha value is -1.92. The smallest absolute Gasteiger partial charge is 0.305 e. The number of nitrogens with one attached hydrogen (secondary N) is 1. The van der Waals surface area contributed by atoms with Gasteiger partial charge in [0.1, 0.15) is 0 Å². The van der Waals surface area contributed by atoms with E-state index in [0.717, 1.165) is 51.4 Å². The van der Waals surface area contributed by atoms with E-state index in [1.165, 1.54) is 327 Å². The van der Waals surface area contributed by atoms with Crippen LogP contribution in [-0.4, -0.2) is 47.4 Å². The predicted octanol–water partition coefficient (Wildman–Crippen LogP) is 23.9. The molecular weight excluding hydrogens is 995 g/mol. The summed E-state index contributed by atoms with van der Waals surface area (Å²) in [6, 6.07) is -0.630. The van der Waals surface area contributed by atoms with Crippen LogP contribution in [0.4, 0.5) is 0 Å². The van der Waals surface area contributed by atoms with Gasteiger partial charge in [-0.1, -0.05) is 365 Å². The van der Waals surface area contributed by atoms with E-state index in [1.807, 2.05) is 6.08 Å². The molecule has 2 unspecified atom stereocenters. The second-order valence-electron chi connectivity index (χ2n) is 25.3. The van der Waals surface area contributed by atoms with Gasteiger partial charge in [-0.25, -0.2) is 0 Å². The third-order valence-corrected chi connectivity index (χ3v) is 17.2. The number of aliphatic hydroxyl groups excluding tert-OH is 2. The van der Waals surface area contributed by atoms with E-state index in [-0.39, 0.29) is 18.5 Å². The molecule has 0 saturated carbocycles. The largest absolute Gasteiger partial charge is 0.466 e. The number of allylic oxidation sites excluding steroid dienone is 5. The molecule has 0 heterocycles. The summed E-state index contributed by atoms with van der Waals surface area (Å²) in [5.74, 6) is -0.0581. The Balaban J connectivity index is 3.41. The molecule has 0 aromatic carbocycles. The lowest BCUT2D eigenvalue weighted by Gasteiger charge is -2.20. The van der Waals surface area contributed by atoms with E-state index in [1.54, 1.807) is 6.08 Å². The van der Waals surface area contributed by atoms with Gasteiger partial charge in [0.2, 0.25) is 5.91 Å². The van der Waals surface area contributed by atoms with Crippen LogP contribution >= 0.6 is 0 Å². The maximum Gasteiger partial charge on any atom is 0.305 e. The number of rotatable bonds is 69. The molecule has 0 radical (unpaired) electrons. The van der Waals surface area contributed by atoms with Crippen molar-refractivity contribution in [1.82, 2.24) is 5.32 Å². The van der Waals surface area contributed by atoms with Gasteiger partial charge in [0, 0.05) is 12.8 Å². The quantitative estimate of drug-likeness (QED) is 0.0320. The van der Waals surface area contributed by atoms with Crippen LogP contribution in [0.1, 0.15) is 406 Å². The maximum absolute atomic E-state index is 12.5. The molecule has 6 nitrogen and oxygen atoms in total. The lowest BCUT2D eigenvalue weighted by Crippen LogP contribution is -2.45. The number of carbonyl (C=O) groups is 2. The monoisotopic (exact) mass is 1140 g/mol. The van der Waals surface area contributed by atoms with Crippen LogP contribution in [0.5, 0.6) is 0 Å². The summed E-state index contributed by atoms with van der Waals surface area (Å²) >= 11 is 0. The van der Waals surface area contributed by atoms with E-state index < -0.39 is 12.1 Å². The number of unbranched alkanes of at least 4 members (excludes halogenated alkanes) is 54. The Labute approximate surface area is 506 Å². The third-order valence-electron chi connectivity index (χ3n) is 17.2. The molecule has 478 valence electrons. The predicted molar refractivity (Wildman–Crippen MR) is 356 cm³/mol. The first-order valence-electron chi connectivity index (χ1n) is 36.8. The average Bonchev–Trinajstić information content (AvgIpc) is 3.47. The number of ether oxygens (including phenoxy) is 1. The fourth-order valence-electron chi connectivity index (χ4n) is 11.6. The summed E-state index contributed by atoms with van der Waals surface area (Å²) in [5.41, 5.74) is 0. The Morgan fingerprint density at radius 3 is 0.963 bits per heavy atom. The third kappa shape index (κ3) is 67.1. The minimum absolute atomic E-state index is 0.00574. The molecule has 0 aromatic rings. The van der Waals surface area contributed by atoms with Gasteiger partial charge >= 0.3 is 5.97 Å². The second kappa shape index (κ2) is 70.6. The van der Waals surface area contributed by atoms with Crippen LogP contribution in [-0.2, 0) is 14.3 Å². The normalized spacial score (nSPS) is 12.7. The molecule has 0 aromatic heterocycles. The minimum Gasteiger partial charge on any atom is -0.466 e. The molecule has 0 saturated heterocycles. The van der Waals surface area contributed by atoms with Gasteiger partial charge < -0.3 is 20.3 Å². The van der Waals surface area contributed by atoms with Gasteiger partial charge in [0.25, 0.3) is 0 Å². The highest BCUT2D eigenvalue weighted by molar-refractivity contribution is 5.76. The zero-order valence-corrected chi connectivity index (χ0v) is 54.8. The fraction of sp³-hybridized carbons (Fsp3) is 0.893. The van der Waals surface area contributed by atoms with Crippen molar-refractivity contribution < 1.29 is 24.5 Å². The number of hydrogen-bond donors (Lipinski definition) is 3. The summed E-state index contributed by atoms with van der Waals surface area (Å²) < 4.78 is 5.50. The van der Waals surface area contributed by atoms with Gasteiger partial charge in [-0.05, 0) is 64.2 Å². The topological polar surface area (TPSA) is 95.9 Å². The zero-order chi connectivity index (χ0) is 58.5. The zero-order valence-electron chi connectivity index (χ0n) is 54.8. The highest BCUT2D eigenvalue weighted by Gasteiger charge is 2.18. The average molecular weight is 1140 g/mol. The van der Waals surface area contributed by atoms with Gasteiger partial charge in [-0.2, -0.15) is 0 Å². The maximum atomic E-state index is 12.5. The molecule has 0 rings (SSSR count). The first-order valence-corrected chi connectivity index (χ1v) is 36.8. The van der Waals surface area contributed by atoms with Gasteiger partial charge in [0.15, 0.2) is 0 Å². The molecule has 0 spiro atoms. The lowest BCUT2D eigenvalue weighted by atomic mass is 10.0. The van der Waals surface area contributed by atoms with Crippen molar-refractivity contribution in [3.8, 4) is 0 Å². The molecule has 0 aliphatic heterocycles. The molecule has 0 aliphatic rings. The van der Waals surface area contributed by atoms with E-state index in [9.17, 15) is 19.8 Å². The van der Waals surface area contributed by atoms with Gasteiger partial charge in [-0.15, -0.1) is 0 Å². The molecule has 2 atom stereocenters.